The lowest BCUT2D eigenvalue weighted by molar-refractivity contribution is -0.141. The Morgan fingerprint density at radius 3 is 2.54 bits per heavy atom. The van der Waals surface area contributed by atoms with Crippen LogP contribution in [0.1, 0.15) is 64.7 Å². The largest absolute Gasteiger partial charge is 0.493 e. The normalized spacial score (nSPS) is 20.6. The predicted molar refractivity (Wildman–Crippen MR) is 153 cm³/mol. The van der Waals surface area contributed by atoms with Crippen LogP contribution in [0.3, 0.4) is 0 Å². The second-order valence-electron chi connectivity index (χ2n) is 11.3. The highest BCUT2D eigenvalue weighted by Gasteiger charge is 2.31. The summed E-state index contributed by atoms with van der Waals surface area (Å²) >= 11 is 0. The summed E-state index contributed by atoms with van der Waals surface area (Å²) < 4.78 is 28.8. The van der Waals surface area contributed by atoms with Crippen LogP contribution >= 0.6 is 0 Å². The van der Waals surface area contributed by atoms with Crippen LogP contribution in [-0.2, 0) is 20.7 Å². The zero-order valence-electron chi connectivity index (χ0n) is 23.8. The molecule has 0 radical (unpaired) electrons. The third-order valence-corrected chi connectivity index (χ3v) is 8.52. The highest BCUT2D eigenvalue weighted by molar-refractivity contribution is 5.81. The second-order valence-corrected chi connectivity index (χ2v) is 11.3. The summed E-state index contributed by atoms with van der Waals surface area (Å²) in [5.41, 5.74) is 8.25. The van der Waals surface area contributed by atoms with E-state index in [1.807, 2.05) is 30.3 Å². The van der Waals surface area contributed by atoms with E-state index in [9.17, 15) is 10.1 Å². The quantitative estimate of drug-likeness (QED) is 0.300. The summed E-state index contributed by atoms with van der Waals surface area (Å²) in [4.78, 5) is 11.8. The van der Waals surface area contributed by atoms with Crippen molar-refractivity contribution >= 4 is 5.97 Å². The number of aryl methyl sites for hydroxylation is 2. The van der Waals surface area contributed by atoms with Gasteiger partial charge in [0.2, 0.25) is 0 Å². The monoisotopic (exact) mass is 553 g/mol. The molecule has 1 saturated heterocycles. The lowest BCUT2D eigenvalue weighted by atomic mass is 9.87. The first kappa shape index (κ1) is 27.2. The van der Waals surface area contributed by atoms with Crippen LogP contribution in [0.25, 0.3) is 11.1 Å². The van der Waals surface area contributed by atoms with Crippen LogP contribution in [0, 0.1) is 31.1 Å². The minimum atomic E-state index is -0.242. The number of hydrogen-bond acceptors (Lipinski definition) is 7. The van der Waals surface area contributed by atoms with E-state index in [0.29, 0.717) is 31.1 Å². The van der Waals surface area contributed by atoms with Crippen molar-refractivity contribution in [3.05, 3.63) is 75.8 Å². The number of rotatable bonds is 8. The third-order valence-electron chi connectivity index (χ3n) is 8.52. The molecular formula is C34H35NO6. The van der Waals surface area contributed by atoms with Crippen LogP contribution in [-0.4, -0.2) is 39.5 Å². The number of benzene rings is 3. The molecule has 1 fully saturated rings. The smallest absolute Gasteiger partial charge is 0.306 e. The molecule has 0 spiro atoms. The van der Waals surface area contributed by atoms with Crippen molar-refractivity contribution in [2.75, 3.05) is 33.5 Å². The highest BCUT2D eigenvalue weighted by Crippen LogP contribution is 2.45. The van der Waals surface area contributed by atoms with Crippen molar-refractivity contribution in [2.24, 2.45) is 5.92 Å². The van der Waals surface area contributed by atoms with E-state index < -0.39 is 0 Å². The molecular weight excluding hydrogens is 518 g/mol. The van der Waals surface area contributed by atoms with Gasteiger partial charge in [-0.25, -0.2) is 0 Å². The van der Waals surface area contributed by atoms with Crippen molar-refractivity contribution < 1.29 is 28.5 Å². The van der Waals surface area contributed by atoms with Crippen molar-refractivity contribution in [1.82, 2.24) is 0 Å². The van der Waals surface area contributed by atoms with Crippen molar-refractivity contribution in [2.45, 2.75) is 51.6 Å². The molecule has 0 aromatic heterocycles. The molecule has 2 aliphatic heterocycles. The molecule has 0 amide bonds. The predicted octanol–water partition coefficient (Wildman–Crippen LogP) is 6.36. The maximum atomic E-state index is 11.8. The Balaban J connectivity index is 1.25. The number of carbonyl (C=O) groups is 1. The summed E-state index contributed by atoms with van der Waals surface area (Å²) in [6.07, 6.45) is 2.86. The van der Waals surface area contributed by atoms with E-state index in [2.05, 4.69) is 32.0 Å². The van der Waals surface area contributed by atoms with Crippen molar-refractivity contribution in [3.8, 4) is 34.4 Å². The molecule has 41 heavy (non-hydrogen) atoms. The number of hydrogen-bond donors (Lipinski definition) is 0. The average Bonchev–Trinajstić information content (AvgIpc) is 3.72. The van der Waals surface area contributed by atoms with Gasteiger partial charge in [-0.1, -0.05) is 12.1 Å². The standard InChI is InChI=1S/C34H35NO6/c1-20-12-26(39-18-22-10-11-38-17-22)13-21(2)33(20)34-23(16-35)4-6-28-29(34)8-9-30(28)41-25-5-7-27-24(14-32(36)37-3)19-40-31(27)15-25/h4-7,12-13,15,22,24,30H,8-11,14,17-19H2,1-3H3/t22?,24-,30-/m1/s1. The molecule has 0 saturated carbocycles. The van der Waals surface area contributed by atoms with Gasteiger partial charge in [-0.05, 0) is 85.2 Å². The number of nitriles is 1. The molecule has 0 N–H and O–H groups in total. The maximum absolute atomic E-state index is 11.8. The number of nitrogens with zero attached hydrogens (tertiary/aromatic N) is 1. The van der Waals surface area contributed by atoms with E-state index in [4.69, 9.17) is 23.7 Å². The van der Waals surface area contributed by atoms with E-state index in [1.165, 1.54) is 12.7 Å². The third kappa shape index (κ3) is 5.37. The zero-order valence-corrected chi connectivity index (χ0v) is 23.8. The maximum Gasteiger partial charge on any atom is 0.306 e. The molecule has 3 atom stereocenters. The molecule has 6 rings (SSSR count). The summed E-state index contributed by atoms with van der Waals surface area (Å²) in [5, 5.41) is 10.1. The Kier molecular flexibility index (Phi) is 7.59. The molecule has 2 heterocycles. The van der Waals surface area contributed by atoms with Crippen molar-refractivity contribution in [3.63, 3.8) is 0 Å². The fourth-order valence-electron chi connectivity index (χ4n) is 6.45. The molecule has 1 unspecified atom stereocenters. The molecule has 7 nitrogen and oxygen atoms in total. The Morgan fingerprint density at radius 1 is 1.00 bits per heavy atom. The van der Waals surface area contributed by atoms with Gasteiger partial charge in [0.1, 0.15) is 23.4 Å². The Morgan fingerprint density at radius 2 is 1.80 bits per heavy atom. The molecule has 3 aliphatic rings. The van der Waals surface area contributed by atoms with Gasteiger partial charge in [0, 0.05) is 35.6 Å². The Bertz CT molecular complexity index is 1490. The summed E-state index contributed by atoms with van der Waals surface area (Å²) in [6.45, 7) is 6.86. The fourth-order valence-corrected chi connectivity index (χ4v) is 6.45. The number of carbonyl (C=O) groups excluding carboxylic acids is 1. The van der Waals surface area contributed by atoms with Crippen LogP contribution in [0.4, 0.5) is 0 Å². The van der Waals surface area contributed by atoms with E-state index in [1.54, 1.807) is 0 Å². The number of ether oxygens (including phenoxy) is 5. The summed E-state index contributed by atoms with van der Waals surface area (Å²) in [6, 6.07) is 16.4. The minimum Gasteiger partial charge on any atom is -0.493 e. The van der Waals surface area contributed by atoms with Gasteiger partial charge in [-0.15, -0.1) is 0 Å². The lowest BCUT2D eigenvalue weighted by Gasteiger charge is -2.20. The molecule has 7 heteroatoms. The Labute approximate surface area is 240 Å². The van der Waals surface area contributed by atoms with Gasteiger partial charge in [0.05, 0.1) is 45.0 Å². The number of methoxy groups -OCH3 is 1. The highest BCUT2D eigenvalue weighted by atomic mass is 16.5. The summed E-state index contributed by atoms with van der Waals surface area (Å²) in [7, 11) is 1.40. The molecule has 1 aliphatic carbocycles. The van der Waals surface area contributed by atoms with E-state index in [-0.39, 0.29) is 18.0 Å². The molecule has 3 aromatic carbocycles. The summed E-state index contributed by atoms with van der Waals surface area (Å²) in [5.74, 6) is 2.53. The first-order valence-corrected chi connectivity index (χ1v) is 14.3. The minimum absolute atomic E-state index is 0.00865. The molecule has 0 bridgehead atoms. The van der Waals surface area contributed by atoms with Gasteiger partial charge >= 0.3 is 5.97 Å². The van der Waals surface area contributed by atoms with Gasteiger partial charge in [0.15, 0.2) is 0 Å². The van der Waals surface area contributed by atoms with Gasteiger partial charge < -0.3 is 23.7 Å². The van der Waals surface area contributed by atoms with Crippen molar-refractivity contribution in [1.29, 1.82) is 5.26 Å². The number of esters is 1. The average molecular weight is 554 g/mol. The van der Waals surface area contributed by atoms with Crippen LogP contribution in [0.5, 0.6) is 17.2 Å². The first-order valence-electron chi connectivity index (χ1n) is 14.3. The second kappa shape index (κ2) is 11.5. The lowest BCUT2D eigenvalue weighted by Crippen LogP contribution is -2.12. The molecule has 3 aromatic rings. The topological polar surface area (TPSA) is 87.0 Å². The molecule has 212 valence electrons. The zero-order chi connectivity index (χ0) is 28.5. The fraction of sp³-hybridized carbons (Fsp3) is 0.412. The van der Waals surface area contributed by atoms with Gasteiger partial charge in [0.25, 0.3) is 0 Å². The van der Waals surface area contributed by atoms with E-state index >= 15 is 0 Å². The Hall–Kier alpha value is -4.02. The van der Waals surface area contributed by atoms with Crippen LogP contribution in [0.15, 0.2) is 42.5 Å². The van der Waals surface area contributed by atoms with Crippen LogP contribution in [0.2, 0.25) is 0 Å². The van der Waals surface area contributed by atoms with Gasteiger partial charge in [-0.3, -0.25) is 4.79 Å². The first-order chi connectivity index (χ1) is 19.9. The SMILES string of the molecule is COC(=O)C[C@@H]1COc2cc(O[C@@H]3CCc4c3ccc(C#N)c4-c3c(C)cc(OCC4CCOC4)cc3C)ccc21. The van der Waals surface area contributed by atoms with Gasteiger partial charge in [-0.2, -0.15) is 5.26 Å². The van der Waals surface area contributed by atoms with E-state index in [0.717, 1.165) is 83.1 Å². The number of fused-ring (bicyclic) bond motifs is 2. The van der Waals surface area contributed by atoms with Crippen LogP contribution < -0.4 is 14.2 Å².